The SMILES string of the molecule is CC=C(C(=C(C)C)C(C)C)C(C)C. The van der Waals surface area contributed by atoms with E-state index in [1.165, 1.54) is 16.7 Å². The van der Waals surface area contributed by atoms with Crippen LogP contribution >= 0.6 is 0 Å². The number of allylic oxidation sites excluding steroid dienone is 4. The molecule has 0 fully saturated rings. The average molecular weight is 180 g/mol. The molecular weight excluding hydrogens is 156 g/mol. The normalized spacial score (nSPS) is 12.5. The van der Waals surface area contributed by atoms with Crippen LogP contribution in [0, 0.1) is 11.8 Å². The number of rotatable bonds is 3. The van der Waals surface area contributed by atoms with Crippen molar-refractivity contribution in [3.05, 3.63) is 22.8 Å². The van der Waals surface area contributed by atoms with Gasteiger partial charge in [0.25, 0.3) is 0 Å². The van der Waals surface area contributed by atoms with E-state index in [-0.39, 0.29) is 0 Å². The minimum absolute atomic E-state index is 0.636. The van der Waals surface area contributed by atoms with Crippen LogP contribution in [0.4, 0.5) is 0 Å². The van der Waals surface area contributed by atoms with Gasteiger partial charge in [-0.15, -0.1) is 0 Å². The molecule has 0 N–H and O–H groups in total. The topological polar surface area (TPSA) is 0 Å². The van der Waals surface area contributed by atoms with Crippen LogP contribution in [0.15, 0.2) is 22.8 Å². The molecule has 13 heavy (non-hydrogen) atoms. The molecule has 0 aromatic carbocycles. The highest BCUT2D eigenvalue weighted by Crippen LogP contribution is 2.28. The summed E-state index contributed by atoms with van der Waals surface area (Å²) < 4.78 is 0. The van der Waals surface area contributed by atoms with Crippen LogP contribution in [0.25, 0.3) is 0 Å². The van der Waals surface area contributed by atoms with Gasteiger partial charge in [0.1, 0.15) is 0 Å². The minimum atomic E-state index is 0.636. The molecule has 0 bridgehead atoms. The van der Waals surface area contributed by atoms with Gasteiger partial charge in [-0.2, -0.15) is 0 Å². The lowest BCUT2D eigenvalue weighted by molar-refractivity contribution is 0.692. The molecule has 0 heteroatoms. The van der Waals surface area contributed by atoms with Gasteiger partial charge in [-0.25, -0.2) is 0 Å². The second kappa shape index (κ2) is 5.26. The van der Waals surface area contributed by atoms with Crippen molar-refractivity contribution in [3.8, 4) is 0 Å². The van der Waals surface area contributed by atoms with Crippen molar-refractivity contribution in [2.45, 2.75) is 48.5 Å². The van der Waals surface area contributed by atoms with Gasteiger partial charge >= 0.3 is 0 Å². The Balaban J connectivity index is 5.08. The standard InChI is InChI=1S/C13H24/c1-8-12(9(2)3)13(10(4)5)11(6)7/h8-10H,1-7H3. The fraction of sp³-hybridized carbons (Fsp3) is 0.692. The predicted octanol–water partition coefficient (Wildman–Crippen LogP) is 4.58. The van der Waals surface area contributed by atoms with Crippen LogP contribution in [-0.2, 0) is 0 Å². The zero-order valence-corrected chi connectivity index (χ0v) is 10.2. The largest absolute Gasteiger partial charge is 0.0839 e. The fourth-order valence-electron chi connectivity index (χ4n) is 2.00. The molecule has 0 aromatic rings. The van der Waals surface area contributed by atoms with Crippen LogP contribution in [0.2, 0.25) is 0 Å². The highest BCUT2D eigenvalue weighted by molar-refractivity contribution is 5.36. The maximum absolute atomic E-state index is 2.27. The highest BCUT2D eigenvalue weighted by atomic mass is 14.2. The maximum atomic E-state index is 2.27. The monoisotopic (exact) mass is 180 g/mol. The first-order chi connectivity index (χ1) is 5.91. The van der Waals surface area contributed by atoms with Gasteiger partial charge in [-0.05, 0) is 43.8 Å². The van der Waals surface area contributed by atoms with E-state index in [2.05, 4.69) is 54.5 Å². The van der Waals surface area contributed by atoms with E-state index >= 15 is 0 Å². The van der Waals surface area contributed by atoms with Gasteiger partial charge in [0, 0.05) is 0 Å². The molecule has 0 heterocycles. The van der Waals surface area contributed by atoms with Crippen molar-refractivity contribution >= 4 is 0 Å². The molecule has 0 aliphatic heterocycles. The molecule has 0 spiro atoms. The van der Waals surface area contributed by atoms with E-state index < -0.39 is 0 Å². The van der Waals surface area contributed by atoms with E-state index in [1.807, 2.05) is 0 Å². The Labute approximate surface area is 83.7 Å². The van der Waals surface area contributed by atoms with Crippen molar-refractivity contribution in [2.75, 3.05) is 0 Å². The molecule has 0 aliphatic rings. The third kappa shape index (κ3) is 3.38. The van der Waals surface area contributed by atoms with Gasteiger partial charge in [-0.1, -0.05) is 39.3 Å². The molecule has 0 aliphatic carbocycles. The third-order valence-electron chi connectivity index (χ3n) is 2.36. The van der Waals surface area contributed by atoms with Crippen LogP contribution in [0.3, 0.4) is 0 Å². The second-order valence-electron chi connectivity index (χ2n) is 4.47. The quantitative estimate of drug-likeness (QED) is 0.558. The van der Waals surface area contributed by atoms with Crippen molar-refractivity contribution in [1.29, 1.82) is 0 Å². The highest BCUT2D eigenvalue weighted by Gasteiger charge is 2.12. The lowest BCUT2D eigenvalue weighted by Gasteiger charge is -2.20. The summed E-state index contributed by atoms with van der Waals surface area (Å²) in [5, 5.41) is 0. The zero-order valence-electron chi connectivity index (χ0n) is 10.2. The summed E-state index contributed by atoms with van der Waals surface area (Å²) in [6.07, 6.45) is 2.26. The zero-order chi connectivity index (χ0) is 10.6. The van der Waals surface area contributed by atoms with E-state index in [1.54, 1.807) is 0 Å². The predicted molar refractivity (Wildman–Crippen MR) is 61.8 cm³/mol. The number of hydrogen-bond donors (Lipinski definition) is 0. The first kappa shape index (κ1) is 12.5. The van der Waals surface area contributed by atoms with Gasteiger partial charge in [0.15, 0.2) is 0 Å². The summed E-state index contributed by atoms with van der Waals surface area (Å²) in [7, 11) is 0. The molecule has 0 unspecified atom stereocenters. The molecule has 0 saturated carbocycles. The summed E-state index contributed by atoms with van der Waals surface area (Å²) in [5.74, 6) is 1.27. The Hall–Kier alpha value is -0.520. The molecule has 0 radical (unpaired) electrons. The van der Waals surface area contributed by atoms with Crippen LogP contribution in [-0.4, -0.2) is 0 Å². The van der Waals surface area contributed by atoms with E-state index in [4.69, 9.17) is 0 Å². The summed E-state index contributed by atoms with van der Waals surface area (Å²) in [6, 6.07) is 0. The Morgan fingerprint density at radius 1 is 0.923 bits per heavy atom. The lowest BCUT2D eigenvalue weighted by atomic mass is 9.85. The van der Waals surface area contributed by atoms with Crippen LogP contribution in [0.5, 0.6) is 0 Å². The van der Waals surface area contributed by atoms with Crippen LogP contribution < -0.4 is 0 Å². The minimum Gasteiger partial charge on any atom is -0.0839 e. The Kier molecular flexibility index (Phi) is 5.05. The van der Waals surface area contributed by atoms with Crippen molar-refractivity contribution in [2.24, 2.45) is 11.8 Å². The first-order valence-corrected chi connectivity index (χ1v) is 5.25. The molecular formula is C13H24. The van der Waals surface area contributed by atoms with Gasteiger partial charge in [0.2, 0.25) is 0 Å². The lowest BCUT2D eigenvalue weighted by Crippen LogP contribution is -2.05. The van der Waals surface area contributed by atoms with Crippen LogP contribution in [0.1, 0.15) is 48.5 Å². The molecule has 76 valence electrons. The summed E-state index contributed by atoms with van der Waals surface area (Å²) in [4.78, 5) is 0. The van der Waals surface area contributed by atoms with E-state index in [0.717, 1.165) is 0 Å². The molecule has 0 rings (SSSR count). The smallest absolute Gasteiger partial charge is 0.0217 e. The second-order valence-corrected chi connectivity index (χ2v) is 4.47. The third-order valence-corrected chi connectivity index (χ3v) is 2.36. The first-order valence-electron chi connectivity index (χ1n) is 5.25. The Bertz CT molecular complexity index is 210. The number of hydrogen-bond acceptors (Lipinski definition) is 0. The van der Waals surface area contributed by atoms with E-state index in [9.17, 15) is 0 Å². The fourth-order valence-corrected chi connectivity index (χ4v) is 2.00. The molecule has 0 atom stereocenters. The average Bonchev–Trinajstić information content (AvgIpc) is 1.97. The Morgan fingerprint density at radius 3 is 1.46 bits per heavy atom. The summed E-state index contributed by atoms with van der Waals surface area (Å²) in [6.45, 7) is 15.6. The molecule has 0 amide bonds. The maximum Gasteiger partial charge on any atom is -0.0217 e. The summed E-state index contributed by atoms with van der Waals surface area (Å²) in [5.41, 5.74) is 4.50. The van der Waals surface area contributed by atoms with E-state index in [0.29, 0.717) is 11.8 Å². The van der Waals surface area contributed by atoms with Gasteiger partial charge in [0.05, 0.1) is 0 Å². The Morgan fingerprint density at radius 2 is 1.38 bits per heavy atom. The summed E-state index contributed by atoms with van der Waals surface area (Å²) >= 11 is 0. The molecule has 0 aromatic heterocycles. The van der Waals surface area contributed by atoms with Gasteiger partial charge < -0.3 is 0 Å². The van der Waals surface area contributed by atoms with Crippen molar-refractivity contribution < 1.29 is 0 Å². The molecule has 0 nitrogen and oxygen atoms in total. The van der Waals surface area contributed by atoms with Crippen molar-refractivity contribution in [1.82, 2.24) is 0 Å². The van der Waals surface area contributed by atoms with Crippen molar-refractivity contribution in [3.63, 3.8) is 0 Å². The molecule has 0 saturated heterocycles. The van der Waals surface area contributed by atoms with Gasteiger partial charge in [-0.3, -0.25) is 0 Å².